The maximum Gasteiger partial charge on any atom is 0.224 e. The Morgan fingerprint density at radius 3 is 2.33 bits per heavy atom. The standard InChI is InChI=1S/C24H31N5O/c1-3-24(30)25-20-10-11-22-21(16-20)26-23(29(22)4-2)18-28-14-12-27(13-15-28)17-19-8-6-5-7-9-19/h5-11,16H,3-4,12-15,17-18H2,1-2H3,(H,25,30). The first-order chi connectivity index (χ1) is 14.7. The molecule has 1 N–H and O–H groups in total. The SMILES string of the molecule is CCC(=O)Nc1ccc2c(c1)nc(CN1CCN(Cc3ccccc3)CC1)n2CC. The lowest BCUT2D eigenvalue weighted by Crippen LogP contribution is -2.45. The smallest absolute Gasteiger partial charge is 0.224 e. The van der Waals surface area contributed by atoms with Gasteiger partial charge in [-0.3, -0.25) is 14.6 Å². The molecule has 0 bridgehead atoms. The van der Waals surface area contributed by atoms with Crippen molar-refractivity contribution in [3.05, 3.63) is 59.9 Å². The first-order valence-corrected chi connectivity index (χ1v) is 10.9. The molecule has 0 saturated carbocycles. The Morgan fingerprint density at radius 2 is 1.67 bits per heavy atom. The summed E-state index contributed by atoms with van der Waals surface area (Å²) in [7, 11) is 0. The number of amides is 1. The molecule has 1 fully saturated rings. The molecule has 1 aromatic heterocycles. The van der Waals surface area contributed by atoms with Crippen LogP contribution in [0.1, 0.15) is 31.7 Å². The molecule has 2 aromatic carbocycles. The van der Waals surface area contributed by atoms with Gasteiger partial charge in [-0.2, -0.15) is 0 Å². The van der Waals surface area contributed by atoms with E-state index in [4.69, 9.17) is 4.98 Å². The zero-order valence-corrected chi connectivity index (χ0v) is 18.0. The molecule has 6 nitrogen and oxygen atoms in total. The molecule has 1 aliphatic rings. The van der Waals surface area contributed by atoms with E-state index in [9.17, 15) is 4.79 Å². The van der Waals surface area contributed by atoms with Crippen molar-refractivity contribution in [3.63, 3.8) is 0 Å². The maximum atomic E-state index is 11.7. The second-order valence-corrected chi connectivity index (χ2v) is 7.92. The molecule has 0 spiro atoms. The number of nitrogens with zero attached hydrogens (tertiary/aromatic N) is 4. The van der Waals surface area contributed by atoms with Gasteiger partial charge in [-0.05, 0) is 30.7 Å². The molecule has 6 heteroatoms. The predicted molar refractivity (Wildman–Crippen MR) is 121 cm³/mol. The van der Waals surface area contributed by atoms with Crippen LogP contribution in [-0.4, -0.2) is 51.4 Å². The molecule has 1 aliphatic heterocycles. The largest absolute Gasteiger partial charge is 0.327 e. The number of nitrogens with one attached hydrogen (secondary N) is 1. The van der Waals surface area contributed by atoms with Crippen LogP contribution in [0.3, 0.4) is 0 Å². The van der Waals surface area contributed by atoms with Crippen LogP contribution in [0.25, 0.3) is 11.0 Å². The molecule has 1 amide bonds. The fourth-order valence-corrected chi connectivity index (χ4v) is 4.13. The Morgan fingerprint density at radius 1 is 0.967 bits per heavy atom. The summed E-state index contributed by atoms with van der Waals surface area (Å²) < 4.78 is 2.29. The molecule has 3 aromatic rings. The summed E-state index contributed by atoms with van der Waals surface area (Å²) in [5.41, 5.74) is 4.27. The minimum atomic E-state index is 0.0258. The van der Waals surface area contributed by atoms with E-state index in [0.29, 0.717) is 6.42 Å². The maximum absolute atomic E-state index is 11.7. The molecule has 0 atom stereocenters. The molecule has 4 rings (SSSR count). The first kappa shape index (κ1) is 20.6. The van der Waals surface area contributed by atoms with E-state index >= 15 is 0 Å². The van der Waals surface area contributed by atoms with Crippen LogP contribution >= 0.6 is 0 Å². The van der Waals surface area contributed by atoms with Gasteiger partial charge in [0.05, 0.1) is 17.6 Å². The second-order valence-electron chi connectivity index (χ2n) is 7.92. The molecular weight excluding hydrogens is 374 g/mol. The highest BCUT2D eigenvalue weighted by Gasteiger charge is 2.20. The van der Waals surface area contributed by atoms with Gasteiger partial charge in [-0.25, -0.2) is 4.98 Å². The quantitative estimate of drug-likeness (QED) is 0.651. The Labute approximate surface area is 178 Å². The van der Waals surface area contributed by atoms with E-state index < -0.39 is 0 Å². The summed E-state index contributed by atoms with van der Waals surface area (Å²) in [6.07, 6.45) is 0.475. The number of imidazole rings is 1. The molecule has 0 aliphatic carbocycles. The zero-order valence-electron chi connectivity index (χ0n) is 18.0. The van der Waals surface area contributed by atoms with Gasteiger partial charge in [0.2, 0.25) is 5.91 Å². The fourth-order valence-electron chi connectivity index (χ4n) is 4.13. The summed E-state index contributed by atoms with van der Waals surface area (Å²) in [6, 6.07) is 16.7. The van der Waals surface area contributed by atoms with Crippen LogP contribution in [0.4, 0.5) is 5.69 Å². The van der Waals surface area contributed by atoms with Crippen molar-refractivity contribution in [2.75, 3.05) is 31.5 Å². The molecular formula is C24H31N5O. The van der Waals surface area contributed by atoms with Crippen molar-refractivity contribution >= 4 is 22.6 Å². The zero-order chi connectivity index (χ0) is 20.9. The minimum absolute atomic E-state index is 0.0258. The number of rotatable bonds is 7. The van der Waals surface area contributed by atoms with E-state index in [-0.39, 0.29) is 5.91 Å². The highest BCUT2D eigenvalue weighted by atomic mass is 16.1. The van der Waals surface area contributed by atoms with Crippen molar-refractivity contribution in [1.82, 2.24) is 19.4 Å². The number of hydrogen-bond donors (Lipinski definition) is 1. The Bertz CT molecular complexity index is 990. The molecule has 0 unspecified atom stereocenters. The molecule has 158 valence electrons. The number of anilines is 1. The number of fused-ring (bicyclic) bond motifs is 1. The highest BCUT2D eigenvalue weighted by Crippen LogP contribution is 2.22. The topological polar surface area (TPSA) is 53.4 Å². The van der Waals surface area contributed by atoms with Gasteiger partial charge in [0.15, 0.2) is 0 Å². The third-order valence-electron chi connectivity index (χ3n) is 5.83. The normalized spacial score (nSPS) is 15.5. The number of aromatic nitrogens is 2. The third kappa shape index (κ3) is 4.71. The summed E-state index contributed by atoms with van der Waals surface area (Å²) in [5.74, 6) is 1.13. The predicted octanol–water partition coefficient (Wildman–Crippen LogP) is 3.72. The minimum Gasteiger partial charge on any atom is -0.327 e. The fraction of sp³-hybridized carbons (Fsp3) is 0.417. The molecule has 30 heavy (non-hydrogen) atoms. The van der Waals surface area contributed by atoms with E-state index in [2.05, 4.69) is 63.0 Å². The highest BCUT2D eigenvalue weighted by molar-refractivity contribution is 5.92. The van der Waals surface area contributed by atoms with Crippen LogP contribution in [-0.2, 0) is 24.4 Å². The van der Waals surface area contributed by atoms with Gasteiger partial charge >= 0.3 is 0 Å². The van der Waals surface area contributed by atoms with Crippen LogP contribution in [0.2, 0.25) is 0 Å². The monoisotopic (exact) mass is 405 g/mol. The molecule has 0 radical (unpaired) electrons. The molecule has 1 saturated heterocycles. The van der Waals surface area contributed by atoms with Gasteiger partial charge in [-0.1, -0.05) is 37.3 Å². The average Bonchev–Trinajstić information content (AvgIpc) is 3.11. The Kier molecular flexibility index (Phi) is 6.45. The third-order valence-corrected chi connectivity index (χ3v) is 5.83. The van der Waals surface area contributed by atoms with Crippen molar-refractivity contribution in [1.29, 1.82) is 0 Å². The summed E-state index contributed by atoms with van der Waals surface area (Å²) in [4.78, 5) is 21.6. The van der Waals surface area contributed by atoms with Gasteiger partial charge in [0.1, 0.15) is 5.82 Å². The summed E-state index contributed by atoms with van der Waals surface area (Å²) in [6.45, 7) is 11.1. The van der Waals surface area contributed by atoms with Gasteiger partial charge < -0.3 is 9.88 Å². The Balaban J connectivity index is 1.41. The number of hydrogen-bond acceptors (Lipinski definition) is 4. The number of benzene rings is 2. The van der Waals surface area contributed by atoms with Crippen molar-refractivity contribution in [3.8, 4) is 0 Å². The molecule has 2 heterocycles. The number of piperazine rings is 1. The van der Waals surface area contributed by atoms with Crippen molar-refractivity contribution in [2.45, 2.75) is 39.9 Å². The van der Waals surface area contributed by atoms with E-state index in [0.717, 1.165) is 68.4 Å². The Hall–Kier alpha value is -2.70. The summed E-state index contributed by atoms with van der Waals surface area (Å²) >= 11 is 0. The lowest BCUT2D eigenvalue weighted by Gasteiger charge is -2.34. The lowest BCUT2D eigenvalue weighted by atomic mass is 10.2. The van der Waals surface area contributed by atoms with E-state index in [1.807, 2.05) is 19.1 Å². The van der Waals surface area contributed by atoms with Gasteiger partial charge in [0, 0.05) is 51.4 Å². The number of carbonyl (C=O) groups excluding carboxylic acids is 1. The van der Waals surface area contributed by atoms with E-state index in [1.165, 1.54) is 5.56 Å². The second kappa shape index (κ2) is 9.41. The average molecular weight is 406 g/mol. The first-order valence-electron chi connectivity index (χ1n) is 10.9. The number of aryl methyl sites for hydroxylation is 1. The van der Waals surface area contributed by atoms with Crippen molar-refractivity contribution < 1.29 is 4.79 Å². The number of carbonyl (C=O) groups is 1. The lowest BCUT2D eigenvalue weighted by molar-refractivity contribution is -0.115. The summed E-state index contributed by atoms with van der Waals surface area (Å²) in [5, 5.41) is 2.93. The van der Waals surface area contributed by atoms with E-state index in [1.54, 1.807) is 0 Å². The van der Waals surface area contributed by atoms with Gasteiger partial charge in [-0.15, -0.1) is 0 Å². The van der Waals surface area contributed by atoms with Crippen LogP contribution < -0.4 is 5.32 Å². The van der Waals surface area contributed by atoms with Crippen LogP contribution in [0, 0.1) is 0 Å². The van der Waals surface area contributed by atoms with Crippen LogP contribution in [0.5, 0.6) is 0 Å². The van der Waals surface area contributed by atoms with Gasteiger partial charge in [0.25, 0.3) is 0 Å². The van der Waals surface area contributed by atoms with Crippen molar-refractivity contribution in [2.24, 2.45) is 0 Å². The van der Waals surface area contributed by atoms with Crippen LogP contribution in [0.15, 0.2) is 48.5 Å².